The Kier molecular flexibility index (Phi) is 5.63. The lowest BCUT2D eigenvalue weighted by Crippen LogP contribution is -2.31. The first-order chi connectivity index (χ1) is 14.5. The number of amides is 1. The number of para-hydroxylation sites is 1. The molecule has 2 aromatic heterocycles. The highest BCUT2D eigenvalue weighted by molar-refractivity contribution is 7.20. The van der Waals surface area contributed by atoms with Gasteiger partial charge in [0.15, 0.2) is 6.61 Å². The molecule has 30 heavy (non-hydrogen) atoms. The number of esters is 1. The van der Waals surface area contributed by atoms with E-state index in [1.165, 1.54) is 11.3 Å². The zero-order chi connectivity index (χ0) is 21.1. The third-order valence-corrected chi connectivity index (χ3v) is 5.85. The van der Waals surface area contributed by atoms with Crippen LogP contribution in [-0.4, -0.2) is 28.3 Å². The van der Waals surface area contributed by atoms with Gasteiger partial charge in [-0.05, 0) is 37.6 Å². The molecule has 4 rings (SSSR count). The molecule has 0 bridgehead atoms. The fourth-order valence-electron chi connectivity index (χ4n) is 3.20. The van der Waals surface area contributed by atoms with Gasteiger partial charge >= 0.3 is 5.97 Å². The Morgan fingerprint density at radius 2 is 1.77 bits per heavy atom. The summed E-state index contributed by atoms with van der Waals surface area (Å²) in [7, 11) is 0. The highest BCUT2D eigenvalue weighted by Gasteiger charge is 2.19. The van der Waals surface area contributed by atoms with E-state index < -0.39 is 5.97 Å². The molecule has 0 aliphatic carbocycles. The first-order valence-corrected chi connectivity index (χ1v) is 10.4. The van der Waals surface area contributed by atoms with Crippen LogP contribution in [0.3, 0.4) is 0 Å². The van der Waals surface area contributed by atoms with Gasteiger partial charge in [0.25, 0.3) is 5.91 Å². The smallest absolute Gasteiger partial charge is 0.348 e. The molecule has 0 aliphatic rings. The summed E-state index contributed by atoms with van der Waals surface area (Å²) in [5, 5.41) is 8.31. The number of fused-ring (bicyclic) bond motifs is 1. The average Bonchev–Trinajstić information content (AvgIpc) is 3.34. The Morgan fingerprint density at radius 1 is 1.10 bits per heavy atom. The van der Waals surface area contributed by atoms with E-state index in [0.717, 1.165) is 27.2 Å². The molecule has 0 spiro atoms. The number of rotatable bonds is 6. The molecule has 2 aromatic carbocycles. The molecule has 6 nitrogen and oxygen atoms in total. The normalized spacial score (nSPS) is 11.9. The van der Waals surface area contributed by atoms with Crippen LogP contribution < -0.4 is 5.32 Å². The molecule has 1 N–H and O–H groups in total. The molecule has 0 saturated carbocycles. The molecule has 0 radical (unpaired) electrons. The maximum Gasteiger partial charge on any atom is 0.348 e. The van der Waals surface area contributed by atoms with Gasteiger partial charge in [0.1, 0.15) is 9.71 Å². The summed E-state index contributed by atoms with van der Waals surface area (Å²) in [5.74, 6) is -0.856. The molecule has 0 aliphatic heterocycles. The third-order valence-electron chi connectivity index (χ3n) is 4.76. The lowest BCUT2D eigenvalue weighted by Gasteiger charge is -2.14. The van der Waals surface area contributed by atoms with Crippen LogP contribution >= 0.6 is 11.3 Å². The van der Waals surface area contributed by atoms with Crippen LogP contribution in [0.4, 0.5) is 0 Å². The second-order valence-electron chi connectivity index (χ2n) is 6.94. The summed E-state index contributed by atoms with van der Waals surface area (Å²) in [6.07, 6.45) is 0. The Bertz CT molecular complexity index is 1180. The SMILES string of the molecule is Cc1nn(-c2ccccc2)c2sc(C(=O)OCC(=O)NC(C)c3ccccc3)cc12. The van der Waals surface area contributed by atoms with Crippen LogP contribution in [0.2, 0.25) is 0 Å². The molecule has 2 heterocycles. The number of hydrogen-bond acceptors (Lipinski definition) is 5. The number of nitrogens with zero attached hydrogens (tertiary/aromatic N) is 2. The first kappa shape index (κ1) is 19.8. The number of carbonyl (C=O) groups excluding carboxylic acids is 2. The summed E-state index contributed by atoms with van der Waals surface area (Å²) in [5.41, 5.74) is 2.74. The van der Waals surface area contributed by atoms with Gasteiger partial charge in [-0.3, -0.25) is 4.79 Å². The maximum atomic E-state index is 12.5. The second-order valence-corrected chi connectivity index (χ2v) is 7.97. The Balaban J connectivity index is 1.43. The molecular weight excluding hydrogens is 398 g/mol. The zero-order valence-corrected chi connectivity index (χ0v) is 17.5. The fraction of sp³-hybridized carbons (Fsp3) is 0.174. The van der Waals surface area contributed by atoms with Crippen LogP contribution in [0, 0.1) is 6.92 Å². The van der Waals surface area contributed by atoms with E-state index >= 15 is 0 Å². The number of aromatic nitrogens is 2. The van der Waals surface area contributed by atoms with Crippen molar-refractivity contribution in [2.75, 3.05) is 6.61 Å². The van der Waals surface area contributed by atoms with Crippen molar-refractivity contribution < 1.29 is 14.3 Å². The van der Waals surface area contributed by atoms with Crippen molar-refractivity contribution in [3.05, 3.63) is 82.9 Å². The van der Waals surface area contributed by atoms with Crippen LogP contribution in [0.1, 0.15) is 33.9 Å². The quantitative estimate of drug-likeness (QED) is 0.469. The van der Waals surface area contributed by atoms with Crippen LogP contribution in [0.5, 0.6) is 0 Å². The van der Waals surface area contributed by atoms with Gasteiger partial charge in [-0.15, -0.1) is 11.3 Å². The Labute approximate surface area is 178 Å². The summed E-state index contributed by atoms with van der Waals surface area (Å²) >= 11 is 1.30. The number of ether oxygens (including phenoxy) is 1. The van der Waals surface area contributed by atoms with E-state index in [1.807, 2.05) is 79.2 Å². The molecular formula is C23H21N3O3S. The monoisotopic (exact) mass is 419 g/mol. The number of carbonyl (C=O) groups is 2. The second kappa shape index (κ2) is 8.51. The van der Waals surface area contributed by atoms with E-state index in [9.17, 15) is 9.59 Å². The molecule has 7 heteroatoms. The molecule has 1 atom stereocenters. The van der Waals surface area contributed by atoms with Crippen molar-refractivity contribution in [2.24, 2.45) is 0 Å². The standard InChI is InChI=1S/C23H21N3O3S/c1-15(17-9-5-3-6-10-17)24-21(27)14-29-23(28)20-13-19-16(2)25-26(22(19)30-20)18-11-7-4-8-12-18/h3-13,15H,14H2,1-2H3,(H,24,27). The van der Waals surface area contributed by atoms with Crippen LogP contribution in [-0.2, 0) is 9.53 Å². The van der Waals surface area contributed by atoms with E-state index in [-0.39, 0.29) is 18.6 Å². The minimum Gasteiger partial charge on any atom is -0.451 e. The van der Waals surface area contributed by atoms with E-state index in [2.05, 4.69) is 10.4 Å². The van der Waals surface area contributed by atoms with Gasteiger partial charge < -0.3 is 10.1 Å². The Hall–Kier alpha value is -3.45. The van der Waals surface area contributed by atoms with Crippen molar-refractivity contribution >= 4 is 33.4 Å². The highest BCUT2D eigenvalue weighted by Crippen LogP contribution is 2.30. The topological polar surface area (TPSA) is 73.2 Å². The molecule has 152 valence electrons. The van der Waals surface area contributed by atoms with Crippen molar-refractivity contribution in [3.63, 3.8) is 0 Å². The summed E-state index contributed by atoms with van der Waals surface area (Å²) in [6, 6.07) is 21.0. The van der Waals surface area contributed by atoms with Gasteiger partial charge in [-0.1, -0.05) is 48.5 Å². The third kappa shape index (κ3) is 4.11. The molecule has 1 unspecified atom stereocenters. The van der Waals surface area contributed by atoms with Gasteiger partial charge in [-0.25, -0.2) is 9.48 Å². The number of benzene rings is 2. The van der Waals surface area contributed by atoms with Gasteiger partial charge in [0, 0.05) is 5.39 Å². The maximum absolute atomic E-state index is 12.5. The molecule has 0 saturated heterocycles. The van der Waals surface area contributed by atoms with E-state index in [0.29, 0.717) is 4.88 Å². The molecule has 4 aromatic rings. The highest BCUT2D eigenvalue weighted by atomic mass is 32.1. The van der Waals surface area contributed by atoms with Gasteiger partial charge in [-0.2, -0.15) is 5.10 Å². The zero-order valence-electron chi connectivity index (χ0n) is 16.7. The average molecular weight is 420 g/mol. The lowest BCUT2D eigenvalue weighted by molar-refractivity contribution is -0.124. The van der Waals surface area contributed by atoms with Crippen molar-refractivity contribution in [3.8, 4) is 5.69 Å². The number of thiophene rings is 1. The first-order valence-electron chi connectivity index (χ1n) is 9.59. The summed E-state index contributed by atoms with van der Waals surface area (Å²) in [6.45, 7) is 3.47. The molecule has 0 fully saturated rings. The fourth-order valence-corrected chi connectivity index (χ4v) is 4.28. The van der Waals surface area contributed by atoms with Crippen LogP contribution in [0.25, 0.3) is 15.9 Å². The molecule has 1 amide bonds. The van der Waals surface area contributed by atoms with Crippen molar-refractivity contribution in [2.45, 2.75) is 19.9 Å². The number of aryl methyl sites for hydroxylation is 1. The summed E-state index contributed by atoms with van der Waals surface area (Å²) in [4.78, 5) is 26.0. The van der Waals surface area contributed by atoms with Gasteiger partial charge in [0.2, 0.25) is 0 Å². The van der Waals surface area contributed by atoms with Crippen LogP contribution in [0.15, 0.2) is 66.7 Å². The minimum absolute atomic E-state index is 0.166. The van der Waals surface area contributed by atoms with Crippen molar-refractivity contribution in [1.82, 2.24) is 15.1 Å². The van der Waals surface area contributed by atoms with E-state index in [1.54, 1.807) is 6.07 Å². The Morgan fingerprint density at radius 3 is 2.47 bits per heavy atom. The van der Waals surface area contributed by atoms with Crippen molar-refractivity contribution in [1.29, 1.82) is 0 Å². The lowest BCUT2D eigenvalue weighted by atomic mass is 10.1. The predicted octanol–water partition coefficient (Wildman–Crippen LogP) is 4.43. The largest absolute Gasteiger partial charge is 0.451 e. The number of nitrogens with one attached hydrogen (secondary N) is 1. The minimum atomic E-state index is -0.516. The predicted molar refractivity (Wildman–Crippen MR) is 117 cm³/mol. The number of hydrogen-bond donors (Lipinski definition) is 1. The van der Waals surface area contributed by atoms with Gasteiger partial charge in [0.05, 0.1) is 17.4 Å². The summed E-state index contributed by atoms with van der Waals surface area (Å²) < 4.78 is 7.06. The van der Waals surface area contributed by atoms with E-state index in [4.69, 9.17) is 4.74 Å².